The second-order valence-electron chi connectivity index (χ2n) is 5.62. The molecule has 2 aromatic carbocycles. The van der Waals surface area contributed by atoms with Gasteiger partial charge in [0, 0.05) is 6.04 Å². The molecule has 3 rings (SSSR count). The summed E-state index contributed by atoms with van der Waals surface area (Å²) in [6.45, 7) is 3.97. The standard InChI is InChI=1S/C19H19N3O/c1-14(2)20-19-21-17(13-15-9-5-3-6-10-15)18(23)22(19)16-11-7-4-8-12-16/h3-14H,1-2H3,(H,20,21)/b17-13-. The summed E-state index contributed by atoms with van der Waals surface area (Å²) in [5, 5.41) is 3.16. The molecule has 23 heavy (non-hydrogen) atoms. The SMILES string of the molecule is CC(C)N=C1N/C(=C\c2ccccc2)C(=O)N1c1ccccc1. The van der Waals surface area contributed by atoms with Crippen LogP contribution in [0.25, 0.3) is 6.08 Å². The van der Waals surface area contributed by atoms with E-state index in [0.29, 0.717) is 11.7 Å². The van der Waals surface area contributed by atoms with Crippen molar-refractivity contribution < 1.29 is 4.79 Å². The van der Waals surface area contributed by atoms with E-state index in [1.54, 1.807) is 4.90 Å². The number of carbonyl (C=O) groups is 1. The van der Waals surface area contributed by atoms with Crippen molar-refractivity contribution in [2.45, 2.75) is 19.9 Å². The molecule has 0 atom stereocenters. The normalized spacial score (nSPS) is 18.0. The highest BCUT2D eigenvalue weighted by Crippen LogP contribution is 2.22. The molecule has 0 aliphatic carbocycles. The highest BCUT2D eigenvalue weighted by molar-refractivity contribution is 6.29. The molecule has 1 saturated heterocycles. The van der Waals surface area contributed by atoms with Crippen molar-refractivity contribution in [2.24, 2.45) is 4.99 Å². The van der Waals surface area contributed by atoms with Crippen LogP contribution in [0.4, 0.5) is 5.69 Å². The van der Waals surface area contributed by atoms with Crippen molar-refractivity contribution in [3.05, 3.63) is 71.9 Å². The Morgan fingerprint density at radius 1 is 1.00 bits per heavy atom. The van der Waals surface area contributed by atoms with Gasteiger partial charge in [0.05, 0.1) is 5.69 Å². The molecule has 1 amide bonds. The summed E-state index contributed by atoms with van der Waals surface area (Å²) in [6, 6.07) is 19.4. The quantitative estimate of drug-likeness (QED) is 0.883. The molecule has 1 aliphatic rings. The van der Waals surface area contributed by atoms with Crippen LogP contribution in [-0.4, -0.2) is 17.9 Å². The summed E-state index contributed by atoms with van der Waals surface area (Å²) in [5.41, 5.74) is 2.31. The Morgan fingerprint density at radius 3 is 2.22 bits per heavy atom. The minimum absolute atomic E-state index is 0.0904. The molecule has 2 aromatic rings. The Hall–Kier alpha value is -2.88. The Balaban J connectivity index is 2.01. The zero-order chi connectivity index (χ0) is 16.2. The minimum atomic E-state index is -0.0977. The van der Waals surface area contributed by atoms with Crippen LogP contribution in [0, 0.1) is 0 Å². The van der Waals surface area contributed by atoms with Gasteiger partial charge in [0.15, 0.2) is 0 Å². The fourth-order valence-electron chi connectivity index (χ4n) is 2.41. The third-order valence-corrected chi connectivity index (χ3v) is 3.40. The monoisotopic (exact) mass is 305 g/mol. The van der Waals surface area contributed by atoms with Gasteiger partial charge in [0.2, 0.25) is 5.96 Å². The number of amides is 1. The molecule has 1 aliphatic heterocycles. The first-order valence-corrected chi connectivity index (χ1v) is 7.66. The second-order valence-corrected chi connectivity index (χ2v) is 5.62. The third kappa shape index (κ3) is 3.31. The zero-order valence-electron chi connectivity index (χ0n) is 13.2. The van der Waals surface area contributed by atoms with Crippen molar-refractivity contribution in [2.75, 3.05) is 4.90 Å². The topological polar surface area (TPSA) is 44.7 Å². The van der Waals surface area contributed by atoms with Crippen LogP contribution in [0.5, 0.6) is 0 Å². The van der Waals surface area contributed by atoms with Gasteiger partial charge < -0.3 is 5.32 Å². The van der Waals surface area contributed by atoms with E-state index in [2.05, 4.69) is 10.3 Å². The number of nitrogens with zero attached hydrogens (tertiary/aromatic N) is 2. The summed E-state index contributed by atoms with van der Waals surface area (Å²) in [5.74, 6) is 0.470. The molecule has 4 heteroatoms. The van der Waals surface area contributed by atoms with Gasteiger partial charge in [0.1, 0.15) is 5.70 Å². The molecule has 1 heterocycles. The van der Waals surface area contributed by atoms with Gasteiger partial charge in [-0.15, -0.1) is 0 Å². The molecule has 116 valence electrons. The molecule has 0 radical (unpaired) electrons. The van der Waals surface area contributed by atoms with Gasteiger partial charge in [-0.05, 0) is 37.6 Å². The number of nitrogens with one attached hydrogen (secondary N) is 1. The van der Waals surface area contributed by atoms with Crippen LogP contribution < -0.4 is 10.2 Å². The highest BCUT2D eigenvalue weighted by Gasteiger charge is 2.33. The maximum Gasteiger partial charge on any atom is 0.281 e. The Labute approximate surface area is 136 Å². The molecule has 0 bridgehead atoms. The predicted octanol–water partition coefficient (Wildman–Crippen LogP) is 3.43. The van der Waals surface area contributed by atoms with Gasteiger partial charge in [-0.25, -0.2) is 9.89 Å². The summed E-state index contributed by atoms with van der Waals surface area (Å²) >= 11 is 0. The Bertz CT molecular complexity index is 749. The Kier molecular flexibility index (Phi) is 4.24. The molecule has 4 nitrogen and oxygen atoms in total. The lowest BCUT2D eigenvalue weighted by Gasteiger charge is -2.15. The summed E-state index contributed by atoms with van der Waals surface area (Å²) < 4.78 is 0. The molecule has 0 saturated carbocycles. The van der Waals surface area contributed by atoms with Gasteiger partial charge in [-0.3, -0.25) is 4.79 Å². The minimum Gasteiger partial charge on any atom is -0.321 e. The van der Waals surface area contributed by atoms with E-state index >= 15 is 0 Å². The first kappa shape index (κ1) is 15.0. The predicted molar refractivity (Wildman–Crippen MR) is 94.1 cm³/mol. The lowest BCUT2D eigenvalue weighted by atomic mass is 10.2. The van der Waals surface area contributed by atoms with Crippen LogP contribution in [-0.2, 0) is 4.79 Å². The number of aliphatic imine (C=N–C) groups is 1. The van der Waals surface area contributed by atoms with E-state index in [9.17, 15) is 4.79 Å². The Morgan fingerprint density at radius 2 is 1.61 bits per heavy atom. The molecule has 0 aromatic heterocycles. The summed E-state index contributed by atoms with van der Waals surface area (Å²) in [6.07, 6.45) is 1.85. The fourth-order valence-corrected chi connectivity index (χ4v) is 2.41. The number of benzene rings is 2. The van der Waals surface area contributed by atoms with Gasteiger partial charge in [-0.1, -0.05) is 48.5 Å². The van der Waals surface area contributed by atoms with E-state index < -0.39 is 0 Å². The molecular formula is C19H19N3O. The first-order chi connectivity index (χ1) is 11.1. The lowest BCUT2D eigenvalue weighted by molar-refractivity contribution is -0.113. The van der Waals surface area contributed by atoms with Crippen molar-refractivity contribution in [3.63, 3.8) is 0 Å². The van der Waals surface area contributed by atoms with E-state index in [1.807, 2.05) is 80.6 Å². The molecule has 1 N–H and O–H groups in total. The van der Waals surface area contributed by atoms with Gasteiger partial charge >= 0.3 is 0 Å². The van der Waals surface area contributed by atoms with Crippen molar-refractivity contribution in [1.29, 1.82) is 0 Å². The molecule has 1 fully saturated rings. The maximum atomic E-state index is 12.8. The average molecular weight is 305 g/mol. The second kappa shape index (κ2) is 6.48. The van der Waals surface area contributed by atoms with Crippen molar-refractivity contribution >= 4 is 23.6 Å². The van der Waals surface area contributed by atoms with Crippen molar-refractivity contribution in [1.82, 2.24) is 5.32 Å². The number of hydrogen-bond acceptors (Lipinski definition) is 2. The lowest BCUT2D eigenvalue weighted by Crippen LogP contribution is -2.33. The van der Waals surface area contributed by atoms with Gasteiger partial charge in [-0.2, -0.15) is 0 Å². The van der Waals surface area contributed by atoms with E-state index in [1.165, 1.54) is 0 Å². The van der Waals surface area contributed by atoms with Crippen LogP contribution in [0.3, 0.4) is 0 Å². The number of carbonyl (C=O) groups excluding carboxylic acids is 1. The number of hydrogen-bond donors (Lipinski definition) is 1. The molecule has 0 spiro atoms. The van der Waals surface area contributed by atoms with Crippen LogP contribution >= 0.6 is 0 Å². The van der Waals surface area contributed by atoms with Crippen LogP contribution in [0.1, 0.15) is 19.4 Å². The largest absolute Gasteiger partial charge is 0.321 e. The highest BCUT2D eigenvalue weighted by atomic mass is 16.2. The third-order valence-electron chi connectivity index (χ3n) is 3.40. The van der Waals surface area contributed by atoms with Crippen LogP contribution in [0.15, 0.2) is 71.4 Å². The smallest absolute Gasteiger partial charge is 0.281 e. The maximum absolute atomic E-state index is 12.8. The van der Waals surface area contributed by atoms with E-state index in [4.69, 9.17) is 0 Å². The number of para-hydroxylation sites is 1. The average Bonchev–Trinajstić information content (AvgIpc) is 2.84. The number of anilines is 1. The number of guanidine groups is 1. The zero-order valence-corrected chi connectivity index (χ0v) is 13.2. The fraction of sp³-hybridized carbons (Fsp3) is 0.158. The number of rotatable bonds is 3. The van der Waals surface area contributed by atoms with E-state index in [-0.39, 0.29) is 11.9 Å². The van der Waals surface area contributed by atoms with Gasteiger partial charge in [0.25, 0.3) is 5.91 Å². The van der Waals surface area contributed by atoms with Crippen molar-refractivity contribution in [3.8, 4) is 0 Å². The summed E-state index contributed by atoms with van der Waals surface area (Å²) in [7, 11) is 0. The first-order valence-electron chi connectivity index (χ1n) is 7.66. The summed E-state index contributed by atoms with van der Waals surface area (Å²) in [4.78, 5) is 19.0. The van der Waals surface area contributed by atoms with E-state index in [0.717, 1.165) is 11.3 Å². The van der Waals surface area contributed by atoms with Crippen LogP contribution in [0.2, 0.25) is 0 Å². The molecular weight excluding hydrogens is 286 g/mol. The molecule has 0 unspecified atom stereocenters.